The summed E-state index contributed by atoms with van der Waals surface area (Å²) in [5, 5.41) is 9.67. The minimum absolute atomic E-state index is 0.222. The summed E-state index contributed by atoms with van der Waals surface area (Å²) in [6.45, 7) is 6.26. The number of carbonyl (C=O) groups excluding carboxylic acids is 1. The van der Waals surface area contributed by atoms with Crippen molar-refractivity contribution < 1.29 is 9.90 Å². The first-order chi connectivity index (χ1) is 9.20. The Hall–Kier alpha value is -0.610. The van der Waals surface area contributed by atoms with E-state index in [2.05, 4.69) is 4.90 Å². The first-order valence-corrected chi connectivity index (χ1v) is 7.90. The van der Waals surface area contributed by atoms with Crippen LogP contribution in [0.2, 0.25) is 0 Å². The molecule has 0 aromatic heterocycles. The molecule has 4 heteroatoms. The molecular formula is C15H28N2O2. The molecule has 1 unspecified atom stereocenters. The Kier molecular flexibility index (Phi) is 5.64. The summed E-state index contributed by atoms with van der Waals surface area (Å²) in [5.74, 6) is 0.678. The fourth-order valence-corrected chi connectivity index (χ4v) is 3.19. The molecule has 1 aliphatic heterocycles. The number of piperazine rings is 1. The highest BCUT2D eigenvalue weighted by Crippen LogP contribution is 2.25. The van der Waals surface area contributed by atoms with E-state index in [0.717, 1.165) is 52.0 Å². The lowest BCUT2D eigenvalue weighted by Gasteiger charge is -2.37. The standard InChI is InChI=1S/C15H28N2O2/c1-2-14(18)12-16-8-10-17(11-9-16)15(19)13-6-4-3-5-7-13/h13-14,18H,2-12H2,1H3. The van der Waals surface area contributed by atoms with Gasteiger partial charge in [0.1, 0.15) is 0 Å². The van der Waals surface area contributed by atoms with E-state index in [1.807, 2.05) is 11.8 Å². The van der Waals surface area contributed by atoms with Crippen LogP contribution in [0.1, 0.15) is 45.4 Å². The predicted octanol–water partition coefficient (Wildman–Crippen LogP) is 1.48. The lowest BCUT2D eigenvalue weighted by Crippen LogP contribution is -2.51. The van der Waals surface area contributed by atoms with Crippen molar-refractivity contribution in [2.75, 3.05) is 32.7 Å². The van der Waals surface area contributed by atoms with E-state index in [1.165, 1.54) is 19.3 Å². The van der Waals surface area contributed by atoms with Gasteiger partial charge in [-0.05, 0) is 19.3 Å². The molecule has 1 amide bonds. The van der Waals surface area contributed by atoms with Gasteiger partial charge in [-0.15, -0.1) is 0 Å². The maximum absolute atomic E-state index is 12.4. The number of hydrogen-bond donors (Lipinski definition) is 1. The van der Waals surface area contributed by atoms with Crippen LogP contribution in [0.5, 0.6) is 0 Å². The molecule has 0 bridgehead atoms. The van der Waals surface area contributed by atoms with Gasteiger partial charge in [0, 0.05) is 38.6 Å². The van der Waals surface area contributed by atoms with Crippen molar-refractivity contribution in [1.29, 1.82) is 0 Å². The highest BCUT2D eigenvalue weighted by molar-refractivity contribution is 5.79. The van der Waals surface area contributed by atoms with Gasteiger partial charge in [0.15, 0.2) is 0 Å². The Morgan fingerprint density at radius 3 is 2.37 bits per heavy atom. The third-order valence-corrected chi connectivity index (χ3v) is 4.58. The number of nitrogens with zero attached hydrogens (tertiary/aromatic N) is 2. The van der Waals surface area contributed by atoms with E-state index in [-0.39, 0.29) is 6.10 Å². The third-order valence-electron chi connectivity index (χ3n) is 4.58. The average molecular weight is 268 g/mol. The molecule has 1 heterocycles. The summed E-state index contributed by atoms with van der Waals surface area (Å²) in [6.07, 6.45) is 6.51. The van der Waals surface area contributed by atoms with Crippen LogP contribution in [0.4, 0.5) is 0 Å². The molecule has 1 atom stereocenters. The van der Waals surface area contributed by atoms with E-state index in [1.54, 1.807) is 0 Å². The van der Waals surface area contributed by atoms with Gasteiger partial charge in [-0.2, -0.15) is 0 Å². The molecule has 2 rings (SSSR count). The second-order valence-corrected chi connectivity index (χ2v) is 6.02. The zero-order valence-electron chi connectivity index (χ0n) is 12.2. The van der Waals surface area contributed by atoms with E-state index >= 15 is 0 Å². The summed E-state index contributed by atoms with van der Waals surface area (Å²) in [6, 6.07) is 0. The van der Waals surface area contributed by atoms with Crippen molar-refractivity contribution in [3.63, 3.8) is 0 Å². The van der Waals surface area contributed by atoms with Gasteiger partial charge in [-0.3, -0.25) is 9.69 Å². The summed E-state index contributed by atoms with van der Waals surface area (Å²) in [5.41, 5.74) is 0. The summed E-state index contributed by atoms with van der Waals surface area (Å²) >= 11 is 0. The number of rotatable bonds is 4. The van der Waals surface area contributed by atoms with Gasteiger partial charge in [0.2, 0.25) is 5.91 Å². The molecule has 4 nitrogen and oxygen atoms in total. The Balaban J connectivity index is 1.74. The van der Waals surface area contributed by atoms with Gasteiger partial charge < -0.3 is 10.0 Å². The van der Waals surface area contributed by atoms with Crippen LogP contribution in [0.3, 0.4) is 0 Å². The second-order valence-electron chi connectivity index (χ2n) is 6.02. The maximum Gasteiger partial charge on any atom is 0.225 e. The van der Waals surface area contributed by atoms with Crippen LogP contribution >= 0.6 is 0 Å². The summed E-state index contributed by atoms with van der Waals surface area (Å²) in [7, 11) is 0. The van der Waals surface area contributed by atoms with Crippen LogP contribution in [0.25, 0.3) is 0 Å². The summed E-state index contributed by atoms with van der Waals surface area (Å²) in [4.78, 5) is 16.7. The van der Waals surface area contributed by atoms with Crippen LogP contribution in [-0.4, -0.2) is 59.6 Å². The van der Waals surface area contributed by atoms with Gasteiger partial charge in [0.05, 0.1) is 6.10 Å². The predicted molar refractivity (Wildman–Crippen MR) is 75.9 cm³/mol. The van der Waals surface area contributed by atoms with E-state index in [4.69, 9.17) is 0 Å². The minimum atomic E-state index is -0.222. The van der Waals surface area contributed by atoms with Gasteiger partial charge >= 0.3 is 0 Å². The van der Waals surface area contributed by atoms with Crippen molar-refractivity contribution in [3.05, 3.63) is 0 Å². The SMILES string of the molecule is CCC(O)CN1CCN(C(=O)C2CCCCC2)CC1. The lowest BCUT2D eigenvalue weighted by atomic mass is 9.88. The van der Waals surface area contributed by atoms with Crippen molar-refractivity contribution in [3.8, 4) is 0 Å². The molecule has 2 fully saturated rings. The molecule has 19 heavy (non-hydrogen) atoms. The third kappa shape index (κ3) is 4.18. The smallest absolute Gasteiger partial charge is 0.225 e. The number of hydrogen-bond acceptors (Lipinski definition) is 3. The van der Waals surface area contributed by atoms with Crippen LogP contribution in [0, 0.1) is 5.92 Å². The van der Waals surface area contributed by atoms with E-state index < -0.39 is 0 Å². The second kappa shape index (κ2) is 7.25. The van der Waals surface area contributed by atoms with Crippen LogP contribution < -0.4 is 0 Å². The van der Waals surface area contributed by atoms with Gasteiger partial charge in [0.25, 0.3) is 0 Å². The van der Waals surface area contributed by atoms with Gasteiger partial charge in [-0.25, -0.2) is 0 Å². The number of amides is 1. The molecule has 1 saturated carbocycles. The molecular weight excluding hydrogens is 240 g/mol. The molecule has 0 aromatic rings. The minimum Gasteiger partial charge on any atom is -0.392 e. The molecule has 1 aliphatic carbocycles. The highest BCUT2D eigenvalue weighted by atomic mass is 16.3. The molecule has 1 N–H and O–H groups in total. The molecule has 0 spiro atoms. The molecule has 1 saturated heterocycles. The normalized spacial score (nSPS) is 24.4. The zero-order valence-corrected chi connectivity index (χ0v) is 12.2. The molecule has 2 aliphatic rings. The Labute approximate surface area is 116 Å². The van der Waals surface area contributed by atoms with Crippen molar-refractivity contribution in [1.82, 2.24) is 9.80 Å². The van der Waals surface area contributed by atoms with Crippen LogP contribution in [0.15, 0.2) is 0 Å². The van der Waals surface area contributed by atoms with E-state index in [9.17, 15) is 9.90 Å². The highest BCUT2D eigenvalue weighted by Gasteiger charge is 2.28. The summed E-state index contributed by atoms with van der Waals surface area (Å²) < 4.78 is 0. The Bertz CT molecular complexity index is 282. The number of aliphatic hydroxyl groups excluding tert-OH is 1. The number of carbonyl (C=O) groups is 1. The fourth-order valence-electron chi connectivity index (χ4n) is 3.19. The van der Waals surface area contributed by atoms with Crippen molar-refractivity contribution >= 4 is 5.91 Å². The number of aliphatic hydroxyl groups is 1. The molecule has 110 valence electrons. The number of β-amino-alcohol motifs (C(OH)–C–C–N with tert-alkyl or cyclic N) is 1. The van der Waals surface area contributed by atoms with Crippen LogP contribution in [-0.2, 0) is 4.79 Å². The quantitative estimate of drug-likeness (QED) is 0.840. The first-order valence-electron chi connectivity index (χ1n) is 7.90. The van der Waals surface area contributed by atoms with Crippen molar-refractivity contribution in [2.45, 2.75) is 51.6 Å². The lowest BCUT2D eigenvalue weighted by molar-refractivity contribution is -0.138. The zero-order chi connectivity index (χ0) is 13.7. The maximum atomic E-state index is 12.4. The topological polar surface area (TPSA) is 43.8 Å². The molecule has 0 aromatic carbocycles. The van der Waals surface area contributed by atoms with Gasteiger partial charge in [-0.1, -0.05) is 26.2 Å². The average Bonchev–Trinajstić information content (AvgIpc) is 2.48. The largest absolute Gasteiger partial charge is 0.392 e. The Morgan fingerprint density at radius 1 is 1.16 bits per heavy atom. The first kappa shape index (κ1) is 14.8. The van der Waals surface area contributed by atoms with Crippen molar-refractivity contribution in [2.24, 2.45) is 5.92 Å². The fraction of sp³-hybridized carbons (Fsp3) is 0.933. The van der Waals surface area contributed by atoms with E-state index in [0.29, 0.717) is 11.8 Å². The Morgan fingerprint density at radius 2 is 1.79 bits per heavy atom. The molecule has 0 radical (unpaired) electrons. The monoisotopic (exact) mass is 268 g/mol.